The Hall–Kier alpha value is -3.51. The largest absolute Gasteiger partial charge is 0.491 e. The number of esters is 1. The monoisotopic (exact) mass is 452 g/mol. The number of carbonyl (C=O) groups is 1. The van der Waals surface area contributed by atoms with Gasteiger partial charge >= 0.3 is 5.97 Å². The van der Waals surface area contributed by atoms with Crippen molar-refractivity contribution in [3.8, 4) is 28.0 Å². The van der Waals surface area contributed by atoms with Gasteiger partial charge < -0.3 is 14.6 Å². The van der Waals surface area contributed by atoms with Gasteiger partial charge in [0.1, 0.15) is 25.1 Å². The number of aryl methyl sites for hydroxylation is 1. The van der Waals surface area contributed by atoms with Crippen molar-refractivity contribution in [1.82, 2.24) is 0 Å². The molecule has 3 aromatic carbocycles. The highest BCUT2D eigenvalue weighted by Crippen LogP contribution is 2.32. The fraction of sp³-hybridized carbons (Fsp3) is 0.222. The summed E-state index contributed by atoms with van der Waals surface area (Å²) in [4.78, 5) is 11.0. The maximum Gasteiger partial charge on any atom is 0.330 e. The van der Waals surface area contributed by atoms with Gasteiger partial charge in [-0.2, -0.15) is 0 Å². The van der Waals surface area contributed by atoms with Crippen molar-refractivity contribution in [2.75, 3.05) is 13.2 Å². The maximum absolute atomic E-state index is 14.9. The lowest BCUT2D eigenvalue weighted by Crippen LogP contribution is -2.24. The van der Waals surface area contributed by atoms with Gasteiger partial charge in [-0.3, -0.25) is 0 Å². The van der Waals surface area contributed by atoms with Crippen LogP contribution in [-0.4, -0.2) is 30.4 Å². The summed E-state index contributed by atoms with van der Waals surface area (Å²) in [6, 6.07) is 17.0. The minimum Gasteiger partial charge on any atom is -0.491 e. The molecule has 4 nitrogen and oxygen atoms in total. The smallest absolute Gasteiger partial charge is 0.330 e. The van der Waals surface area contributed by atoms with Crippen molar-refractivity contribution in [2.24, 2.45) is 0 Å². The number of ether oxygens (including phenoxy) is 2. The SMILES string of the molecule is C=CC(=O)OCC(O)COc1ccc(-c2ccc(-c3ccc(CCC)cc3)c(F)c2F)cc1. The van der Waals surface area contributed by atoms with Gasteiger partial charge in [-0.15, -0.1) is 0 Å². The summed E-state index contributed by atoms with van der Waals surface area (Å²) in [6.45, 7) is 5.04. The van der Waals surface area contributed by atoms with Crippen LogP contribution in [0.15, 0.2) is 73.3 Å². The summed E-state index contributed by atoms with van der Waals surface area (Å²) in [5, 5.41) is 9.79. The third-order valence-corrected chi connectivity index (χ3v) is 5.08. The molecule has 0 heterocycles. The van der Waals surface area contributed by atoms with Crippen LogP contribution in [-0.2, 0) is 16.0 Å². The van der Waals surface area contributed by atoms with Gasteiger partial charge in [0.25, 0.3) is 0 Å². The molecule has 0 radical (unpaired) electrons. The van der Waals surface area contributed by atoms with Crippen LogP contribution in [0.1, 0.15) is 18.9 Å². The van der Waals surface area contributed by atoms with Crippen LogP contribution in [0.5, 0.6) is 5.75 Å². The first kappa shape index (κ1) is 24.1. The second-order valence-corrected chi connectivity index (χ2v) is 7.56. The number of aliphatic hydroxyl groups is 1. The minimum absolute atomic E-state index is 0.0987. The van der Waals surface area contributed by atoms with E-state index in [1.807, 2.05) is 12.1 Å². The van der Waals surface area contributed by atoms with Crippen LogP contribution >= 0.6 is 0 Å². The van der Waals surface area contributed by atoms with Crippen molar-refractivity contribution < 1.29 is 28.2 Å². The van der Waals surface area contributed by atoms with E-state index >= 15 is 0 Å². The molecular weight excluding hydrogens is 426 g/mol. The Morgan fingerprint density at radius 1 is 0.939 bits per heavy atom. The fourth-order valence-corrected chi connectivity index (χ4v) is 3.34. The van der Waals surface area contributed by atoms with Crippen LogP contribution in [0.3, 0.4) is 0 Å². The van der Waals surface area contributed by atoms with Gasteiger partial charge in [-0.1, -0.05) is 68.5 Å². The van der Waals surface area contributed by atoms with Crippen LogP contribution in [0, 0.1) is 11.6 Å². The summed E-state index contributed by atoms with van der Waals surface area (Å²) < 4.78 is 39.9. The molecule has 0 aliphatic heterocycles. The molecule has 1 unspecified atom stereocenters. The van der Waals surface area contributed by atoms with E-state index in [9.17, 15) is 18.7 Å². The molecule has 33 heavy (non-hydrogen) atoms. The molecule has 0 saturated carbocycles. The van der Waals surface area contributed by atoms with Gasteiger partial charge in [-0.05, 0) is 35.2 Å². The van der Waals surface area contributed by atoms with E-state index in [1.165, 1.54) is 0 Å². The quantitative estimate of drug-likeness (QED) is 0.316. The molecular formula is C27H26F2O4. The summed E-state index contributed by atoms with van der Waals surface area (Å²) in [7, 11) is 0. The Morgan fingerprint density at radius 2 is 1.48 bits per heavy atom. The Bertz CT molecular complexity index is 1090. The Morgan fingerprint density at radius 3 is 2.00 bits per heavy atom. The number of hydrogen-bond donors (Lipinski definition) is 1. The van der Waals surface area contributed by atoms with Gasteiger partial charge in [0.2, 0.25) is 0 Å². The normalized spacial score (nSPS) is 11.6. The van der Waals surface area contributed by atoms with Crippen molar-refractivity contribution in [1.29, 1.82) is 0 Å². The molecule has 6 heteroatoms. The topological polar surface area (TPSA) is 55.8 Å². The number of aliphatic hydroxyl groups excluding tert-OH is 1. The second-order valence-electron chi connectivity index (χ2n) is 7.56. The molecule has 0 bridgehead atoms. The number of hydrogen-bond acceptors (Lipinski definition) is 4. The van der Waals surface area contributed by atoms with Gasteiger partial charge in [0.15, 0.2) is 11.6 Å². The molecule has 1 atom stereocenters. The van der Waals surface area contributed by atoms with Crippen molar-refractivity contribution in [2.45, 2.75) is 25.9 Å². The van der Waals surface area contributed by atoms with Crippen molar-refractivity contribution in [3.05, 3.63) is 90.5 Å². The highest BCUT2D eigenvalue weighted by atomic mass is 19.2. The predicted molar refractivity (Wildman–Crippen MR) is 124 cm³/mol. The fourth-order valence-electron chi connectivity index (χ4n) is 3.34. The molecule has 0 aliphatic carbocycles. The minimum atomic E-state index is -1.01. The third-order valence-electron chi connectivity index (χ3n) is 5.08. The Kier molecular flexibility index (Phi) is 8.33. The van der Waals surface area contributed by atoms with Crippen LogP contribution in [0.25, 0.3) is 22.3 Å². The van der Waals surface area contributed by atoms with E-state index in [0.717, 1.165) is 24.5 Å². The highest BCUT2D eigenvalue weighted by molar-refractivity contribution is 5.81. The average Bonchev–Trinajstić information content (AvgIpc) is 2.84. The number of benzene rings is 3. The Labute approximate surface area is 192 Å². The maximum atomic E-state index is 14.9. The first-order valence-corrected chi connectivity index (χ1v) is 10.7. The molecule has 3 aromatic rings. The number of rotatable bonds is 10. The lowest BCUT2D eigenvalue weighted by atomic mass is 9.97. The first-order valence-electron chi connectivity index (χ1n) is 10.7. The molecule has 0 amide bonds. The zero-order chi connectivity index (χ0) is 23.8. The zero-order valence-corrected chi connectivity index (χ0v) is 18.4. The van der Waals surface area contributed by atoms with E-state index in [2.05, 4.69) is 13.5 Å². The third kappa shape index (κ3) is 6.26. The number of halogens is 2. The molecule has 0 aromatic heterocycles. The summed E-state index contributed by atoms with van der Waals surface area (Å²) >= 11 is 0. The first-order chi connectivity index (χ1) is 15.9. The Balaban J connectivity index is 1.69. The molecule has 0 spiro atoms. The molecule has 1 N–H and O–H groups in total. The average molecular weight is 452 g/mol. The molecule has 0 aliphatic rings. The summed E-state index contributed by atoms with van der Waals surface area (Å²) in [5.41, 5.74) is 2.63. The molecule has 0 saturated heterocycles. The van der Waals surface area contributed by atoms with E-state index < -0.39 is 23.7 Å². The lowest BCUT2D eigenvalue weighted by molar-refractivity contribution is -0.141. The van der Waals surface area contributed by atoms with Crippen LogP contribution < -0.4 is 4.74 Å². The van der Waals surface area contributed by atoms with E-state index in [4.69, 9.17) is 9.47 Å². The lowest BCUT2D eigenvalue weighted by Gasteiger charge is -2.13. The van der Waals surface area contributed by atoms with Crippen LogP contribution in [0.2, 0.25) is 0 Å². The van der Waals surface area contributed by atoms with E-state index in [0.29, 0.717) is 16.9 Å². The molecule has 172 valence electrons. The summed E-state index contributed by atoms with van der Waals surface area (Å²) in [5.74, 6) is -2.02. The van der Waals surface area contributed by atoms with Gasteiger partial charge in [-0.25, -0.2) is 13.6 Å². The van der Waals surface area contributed by atoms with Crippen molar-refractivity contribution >= 4 is 5.97 Å². The molecule has 0 fully saturated rings. The second kappa shape index (κ2) is 11.4. The number of carbonyl (C=O) groups excluding carboxylic acids is 1. The predicted octanol–water partition coefficient (Wildman–Crippen LogP) is 5.72. The summed E-state index contributed by atoms with van der Waals surface area (Å²) in [6.07, 6.45) is 1.96. The van der Waals surface area contributed by atoms with E-state index in [-0.39, 0.29) is 24.3 Å². The van der Waals surface area contributed by atoms with Crippen molar-refractivity contribution in [3.63, 3.8) is 0 Å². The van der Waals surface area contributed by atoms with Gasteiger partial charge in [0, 0.05) is 17.2 Å². The van der Waals surface area contributed by atoms with Crippen LogP contribution in [0.4, 0.5) is 8.78 Å². The van der Waals surface area contributed by atoms with Gasteiger partial charge in [0.05, 0.1) is 0 Å². The zero-order valence-electron chi connectivity index (χ0n) is 18.4. The standard InChI is InChI=1S/C27H26F2O4/c1-3-5-18-6-8-19(9-7-18)23-14-15-24(27(29)26(23)28)20-10-12-22(13-11-20)32-16-21(30)17-33-25(31)4-2/h4,6-15,21,30H,2-3,5,16-17H2,1H3. The molecule has 3 rings (SSSR count). The van der Waals surface area contributed by atoms with E-state index in [1.54, 1.807) is 48.5 Å². The highest BCUT2D eigenvalue weighted by Gasteiger charge is 2.16.